The van der Waals surface area contributed by atoms with E-state index in [0.717, 1.165) is 43.8 Å². The van der Waals surface area contributed by atoms with Crippen molar-refractivity contribution in [3.05, 3.63) is 34.9 Å². The molecule has 1 aliphatic heterocycles. The van der Waals surface area contributed by atoms with E-state index in [4.69, 9.17) is 16.3 Å². The van der Waals surface area contributed by atoms with Gasteiger partial charge in [0.25, 0.3) is 0 Å². The number of aldehydes is 1. The van der Waals surface area contributed by atoms with Crippen LogP contribution in [0.2, 0.25) is 5.02 Å². The molecule has 1 saturated heterocycles. The maximum Gasteiger partial charge on any atom is 0.129 e. The lowest BCUT2D eigenvalue weighted by molar-refractivity contribution is -0.125. The summed E-state index contributed by atoms with van der Waals surface area (Å²) in [5.74, 6) is 0. The zero-order valence-electron chi connectivity index (χ0n) is 11.3. The van der Waals surface area contributed by atoms with E-state index in [-0.39, 0.29) is 5.41 Å². The molecule has 0 saturated carbocycles. The van der Waals surface area contributed by atoms with Gasteiger partial charge in [-0.2, -0.15) is 0 Å². The van der Waals surface area contributed by atoms with Crippen LogP contribution in [-0.4, -0.2) is 38.0 Å². The Morgan fingerprint density at radius 3 is 2.74 bits per heavy atom. The fourth-order valence-corrected chi connectivity index (χ4v) is 2.75. The maximum atomic E-state index is 11.4. The van der Waals surface area contributed by atoms with Gasteiger partial charge in [-0.15, -0.1) is 0 Å². The van der Waals surface area contributed by atoms with Crippen molar-refractivity contribution in [1.82, 2.24) is 4.90 Å². The minimum Gasteiger partial charge on any atom is -0.380 e. The minimum absolute atomic E-state index is 0.334. The molecule has 104 valence electrons. The van der Waals surface area contributed by atoms with Crippen LogP contribution in [0.1, 0.15) is 18.4 Å². The molecule has 1 heterocycles. The summed E-state index contributed by atoms with van der Waals surface area (Å²) in [6, 6.07) is 7.82. The topological polar surface area (TPSA) is 29.5 Å². The average Bonchev–Trinajstić information content (AvgIpc) is 2.42. The van der Waals surface area contributed by atoms with Crippen LogP contribution in [0.15, 0.2) is 24.3 Å². The lowest BCUT2D eigenvalue weighted by Gasteiger charge is -2.35. The molecule has 1 aromatic carbocycles. The standard InChI is InChI=1S/C15H20ClNO2/c1-17(9-13-3-5-14(16)6-4-13)10-15(11-18)7-2-8-19-12-15/h3-6,11H,2,7-10,12H2,1H3. The predicted molar refractivity (Wildman–Crippen MR) is 76.3 cm³/mol. The molecular formula is C15H20ClNO2. The number of ether oxygens (including phenoxy) is 1. The highest BCUT2D eigenvalue weighted by atomic mass is 35.5. The summed E-state index contributed by atoms with van der Waals surface area (Å²) in [5.41, 5.74) is 0.865. The quantitative estimate of drug-likeness (QED) is 0.777. The Morgan fingerprint density at radius 1 is 1.42 bits per heavy atom. The van der Waals surface area contributed by atoms with Crippen LogP contribution in [0.25, 0.3) is 0 Å². The zero-order valence-corrected chi connectivity index (χ0v) is 12.0. The van der Waals surface area contributed by atoms with Crippen LogP contribution in [0.5, 0.6) is 0 Å². The van der Waals surface area contributed by atoms with Gasteiger partial charge in [0.2, 0.25) is 0 Å². The van der Waals surface area contributed by atoms with Gasteiger partial charge in [0.1, 0.15) is 6.29 Å². The van der Waals surface area contributed by atoms with Gasteiger partial charge < -0.3 is 14.4 Å². The fraction of sp³-hybridized carbons (Fsp3) is 0.533. The number of halogens is 1. The molecule has 0 radical (unpaired) electrons. The molecule has 3 nitrogen and oxygen atoms in total. The van der Waals surface area contributed by atoms with Crippen LogP contribution in [-0.2, 0) is 16.1 Å². The van der Waals surface area contributed by atoms with E-state index in [9.17, 15) is 4.79 Å². The first-order valence-corrected chi connectivity index (χ1v) is 6.98. The SMILES string of the molecule is CN(Cc1ccc(Cl)cc1)CC1(C=O)CCCOC1. The van der Waals surface area contributed by atoms with E-state index in [1.807, 2.05) is 31.3 Å². The Hall–Kier alpha value is -0.900. The van der Waals surface area contributed by atoms with E-state index >= 15 is 0 Å². The van der Waals surface area contributed by atoms with Crippen molar-refractivity contribution in [1.29, 1.82) is 0 Å². The van der Waals surface area contributed by atoms with Gasteiger partial charge in [-0.25, -0.2) is 0 Å². The first-order valence-electron chi connectivity index (χ1n) is 6.61. The maximum absolute atomic E-state index is 11.4. The Bertz CT molecular complexity index is 413. The van der Waals surface area contributed by atoms with Crippen molar-refractivity contribution in [3.63, 3.8) is 0 Å². The normalized spacial score (nSPS) is 23.5. The highest BCUT2D eigenvalue weighted by molar-refractivity contribution is 6.30. The van der Waals surface area contributed by atoms with Crippen LogP contribution in [0.3, 0.4) is 0 Å². The van der Waals surface area contributed by atoms with Crippen molar-refractivity contribution in [2.45, 2.75) is 19.4 Å². The summed E-state index contributed by atoms with van der Waals surface area (Å²) in [6.07, 6.45) is 2.96. The van der Waals surface area contributed by atoms with Crippen molar-refractivity contribution in [3.8, 4) is 0 Å². The van der Waals surface area contributed by atoms with E-state index in [1.54, 1.807) is 0 Å². The molecule has 1 aromatic rings. The summed E-state index contributed by atoms with van der Waals surface area (Å²) in [6.45, 7) is 2.86. The van der Waals surface area contributed by atoms with E-state index in [0.29, 0.717) is 6.61 Å². The zero-order chi connectivity index (χ0) is 13.7. The number of hydrogen-bond donors (Lipinski definition) is 0. The van der Waals surface area contributed by atoms with Gasteiger partial charge in [0.15, 0.2) is 0 Å². The van der Waals surface area contributed by atoms with Gasteiger partial charge in [-0.05, 0) is 37.6 Å². The Kier molecular flexibility index (Phi) is 4.97. The molecule has 0 spiro atoms. The van der Waals surface area contributed by atoms with Crippen LogP contribution in [0, 0.1) is 5.41 Å². The lowest BCUT2D eigenvalue weighted by atomic mass is 9.83. The molecule has 1 unspecified atom stereocenters. The highest BCUT2D eigenvalue weighted by Gasteiger charge is 2.33. The van der Waals surface area contributed by atoms with Gasteiger partial charge in [0.05, 0.1) is 12.0 Å². The molecule has 0 aliphatic carbocycles. The van der Waals surface area contributed by atoms with Crippen molar-refractivity contribution in [2.75, 3.05) is 26.8 Å². The molecule has 19 heavy (non-hydrogen) atoms. The number of hydrogen-bond acceptors (Lipinski definition) is 3. The smallest absolute Gasteiger partial charge is 0.129 e. The molecule has 0 amide bonds. The highest BCUT2D eigenvalue weighted by Crippen LogP contribution is 2.27. The second-order valence-electron chi connectivity index (χ2n) is 5.44. The largest absolute Gasteiger partial charge is 0.380 e. The van der Waals surface area contributed by atoms with Crippen LogP contribution in [0.4, 0.5) is 0 Å². The lowest BCUT2D eigenvalue weighted by Crippen LogP contribution is -2.42. The van der Waals surface area contributed by atoms with Crippen molar-refractivity contribution >= 4 is 17.9 Å². The van der Waals surface area contributed by atoms with Crippen LogP contribution >= 0.6 is 11.6 Å². The summed E-state index contributed by atoms with van der Waals surface area (Å²) in [4.78, 5) is 13.6. The third-order valence-electron chi connectivity index (χ3n) is 3.55. The number of carbonyl (C=O) groups is 1. The second kappa shape index (κ2) is 6.51. The van der Waals surface area contributed by atoms with Gasteiger partial charge in [0, 0.05) is 24.7 Å². The number of nitrogens with zero attached hydrogens (tertiary/aromatic N) is 1. The minimum atomic E-state index is -0.334. The summed E-state index contributed by atoms with van der Waals surface area (Å²) < 4.78 is 5.47. The Labute approximate surface area is 119 Å². The Balaban J connectivity index is 1.94. The van der Waals surface area contributed by atoms with Crippen molar-refractivity contribution < 1.29 is 9.53 Å². The van der Waals surface area contributed by atoms with E-state index in [2.05, 4.69) is 4.90 Å². The molecule has 1 fully saturated rings. The Morgan fingerprint density at radius 2 is 2.16 bits per heavy atom. The predicted octanol–water partition coefficient (Wildman–Crippen LogP) is 2.77. The van der Waals surface area contributed by atoms with E-state index < -0.39 is 0 Å². The molecule has 0 aromatic heterocycles. The third-order valence-corrected chi connectivity index (χ3v) is 3.81. The van der Waals surface area contributed by atoms with Gasteiger partial charge in [-0.3, -0.25) is 0 Å². The summed E-state index contributed by atoms with van der Waals surface area (Å²) >= 11 is 5.87. The van der Waals surface area contributed by atoms with Crippen molar-refractivity contribution in [2.24, 2.45) is 5.41 Å². The number of carbonyl (C=O) groups excluding carboxylic acids is 1. The average molecular weight is 282 g/mol. The van der Waals surface area contributed by atoms with E-state index in [1.165, 1.54) is 5.56 Å². The molecule has 2 rings (SSSR count). The summed E-state index contributed by atoms with van der Waals surface area (Å²) in [7, 11) is 2.04. The monoisotopic (exact) mass is 281 g/mol. The first-order chi connectivity index (χ1) is 9.13. The fourth-order valence-electron chi connectivity index (χ4n) is 2.62. The second-order valence-corrected chi connectivity index (χ2v) is 5.87. The third kappa shape index (κ3) is 4.03. The van der Waals surface area contributed by atoms with Gasteiger partial charge in [-0.1, -0.05) is 23.7 Å². The molecular weight excluding hydrogens is 262 g/mol. The summed E-state index contributed by atoms with van der Waals surface area (Å²) in [5, 5.41) is 0.747. The first kappa shape index (κ1) is 14.5. The molecule has 0 bridgehead atoms. The van der Waals surface area contributed by atoms with Gasteiger partial charge >= 0.3 is 0 Å². The van der Waals surface area contributed by atoms with Crippen LogP contribution < -0.4 is 0 Å². The molecule has 1 aliphatic rings. The molecule has 1 atom stereocenters. The number of rotatable bonds is 5. The molecule has 0 N–H and O–H groups in total. The molecule has 4 heteroatoms. The number of benzene rings is 1.